The number of rotatable bonds is 7. The monoisotopic (exact) mass is 727 g/mol. The van der Waals surface area contributed by atoms with E-state index in [9.17, 15) is 0 Å². The van der Waals surface area contributed by atoms with Crippen molar-refractivity contribution >= 4 is 60.7 Å². The summed E-state index contributed by atoms with van der Waals surface area (Å²) in [7, 11) is 0. The molecule has 0 aliphatic rings. The number of aromatic nitrogens is 2. The molecule has 0 atom stereocenters. The Kier molecular flexibility index (Phi) is 7.82. The van der Waals surface area contributed by atoms with E-state index in [0.717, 1.165) is 39.5 Å². The quantitative estimate of drug-likeness (QED) is 0.159. The lowest BCUT2D eigenvalue weighted by molar-refractivity contribution is 1.18. The number of fused-ring (bicyclic) bond motifs is 6. The molecule has 11 rings (SSSR count). The summed E-state index contributed by atoms with van der Waals surface area (Å²) in [4.78, 5) is 2.45. The number of benzene rings is 9. The van der Waals surface area contributed by atoms with Gasteiger partial charge in [0, 0.05) is 44.2 Å². The Hall–Kier alpha value is -7.62. The van der Waals surface area contributed by atoms with Crippen molar-refractivity contribution in [2.45, 2.75) is 0 Å². The van der Waals surface area contributed by atoms with E-state index in [1.165, 1.54) is 54.8 Å². The third kappa shape index (κ3) is 5.43. The molecule has 2 aromatic heterocycles. The molecule has 3 heteroatoms. The summed E-state index contributed by atoms with van der Waals surface area (Å²) in [6.07, 6.45) is 0. The van der Waals surface area contributed by atoms with Crippen LogP contribution in [0.1, 0.15) is 0 Å². The van der Waals surface area contributed by atoms with Crippen molar-refractivity contribution in [2.75, 3.05) is 4.90 Å². The summed E-state index contributed by atoms with van der Waals surface area (Å²) in [6, 6.07) is 81.1. The van der Waals surface area contributed by atoms with Crippen LogP contribution in [0, 0.1) is 0 Å². The van der Waals surface area contributed by atoms with Crippen LogP contribution in [0.4, 0.5) is 17.1 Å². The summed E-state index contributed by atoms with van der Waals surface area (Å²) in [5.74, 6) is 0. The summed E-state index contributed by atoms with van der Waals surface area (Å²) in [5, 5.41) is 4.87. The van der Waals surface area contributed by atoms with Crippen LogP contribution >= 0.6 is 0 Å². The van der Waals surface area contributed by atoms with Crippen LogP contribution in [0.5, 0.6) is 0 Å². The first kappa shape index (κ1) is 32.8. The summed E-state index contributed by atoms with van der Waals surface area (Å²) in [5.41, 5.74) is 15.0. The van der Waals surface area contributed by atoms with E-state index in [0.29, 0.717) is 0 Å². The number of hydrogen-bond donors (Lipinski definition) is 0. The van der Waals surface area contributed by atoms with Gasteiger partial charge in [-0.2, -0.15) is 0 Å². The molecule has 11 aromatic rings. The Labute approximate surface area is 331 Å². The van der Waals surface area contributed by atoms with Gasteiger partial charge < -0.3 is 14.0 Å². The van der Waals surface area contributed by atoms with Gasteiger partial charge in [-0.3, -0.25) is 0 Å². The van der Waals surface area contributed by atoms with Gasteiger partial charge in [-0.15, -0.1) is 0 Å². The molecule has 0 aliphatic carbocycles. The minimum Gasteiger partial charge on any atom is -0.310 e. The predicted octanol–water partition coefficient (Wildman–Crippen LogP) is 14.7. The zero-order chi connectivity index (χ0) is 37.7. The van der Waals surface area contributed by atoms with Crippen LogP contribution in [-0.2, 0) is 0 Å². The Morgan fingerprint density at radius 3 is 1.61 bits per heavy atom. The van der Waals surface area contributed by atoms with Gasteiger partial charge in [0.15, 0.2) is 0 Å². The zero-order valence-corrected chi connectivity index (χ0v) is 31.2. The molecule has 0 bridgehead atoms. The Morgan fingerprint density at radius 2 is 0.860 bits per heavy atom. The normalized spacial score (nSPS) is 11.5. The van der Waals surface area contributed by atoms with Crippen molar-refractivity contribution in [3.05, 3.63) is 224 Å². The van der Waals surface area contributed by atoms with Gasteiger partial charge in [-0.05, 0) is 83.4 Å². The highest BCUT2D eigenvalue weighted by Crippen LogP contribution is 2.46. The van der Waals surface area contributed by atoms with E-state index in [1.807, 2.05) is 0 Å². The molecule has 9 aromatic carbocycles. The number of nitrogens with zero attached hydrogens (tertiary/aromatic N) is 3. The Bertz CT molecular complexity index is 3210. The standard InChI is InChI=1S/C54H37N3/c1-4-17-38(18-5-1)39-31-33-42(34-32-39)55(43-35-36-46-45-24-11-14-27-49(45)56(53(46)37-43)41-21-8-3-9-22-41)51-29-16-30-52-54(51)47-25-12-15-28-50(47)57(52)48-26-13-10-23-44(48)40-19-6-2-7-20-40/h1-37H. The molecule has 0 aliphatic heterocycles. The average Bonchev–Trinajstić information content (AvgIpc) is 3.81. The predicted molar refractivity (Wildman–Crippen MR) is 241 cm³/mol. The van der Waals surface area contributed by atoms with Crippen LogP contribution < -0.4 is 4.90 Å². The molecule has 0 saturated heterocycles. The molecule has 0 fully saturated rings. The Morgan fingerprint density at radius 1 is 0.316 bits per heavy atom. The maximum atomic E-state index is 2.45. The number of anilines is 3. The van der Waals surface area contributed by atoms with E-state index in [4.69, 9.17) is 0 Å². The molecular weight excluding hydrogens is 691 g/mol. The number of hydrogen-bond acceptors (Lipinski definition) is 1. The van der Waals surface area contributed by atoms with E-state index in [1.54, 1.807) is 0 Å². The third-order valence-electron chi connectivity index (χ3n) is 11.3. The highest BCUT2D eigenvalue weighted by molar-refractivity contribution is 6.17. The van der Waals surface area contributed by atoms with E-state index in [2.05, 4.69) is 238 Å². The van der Waals surface area contributed by atoms with Gasteiger partial charge in [0.25, 0.3) is 0 Å². The zero-order valence-electron chi connectivity index (χ0n) is 31.2. The smallest absolute Gasteiger partial charge is 0.0562 e. The minimum atomic E-state index is 1.09. The Balaban J connectivity index is 1.19. The van der Waals surface area contributed by atoms with E-state index < -0.39 is 0 Å². The van der Waals surface area contributed by atoms with E-state index in [-0.39, 0.29) is 0 Å². The van der Waals surface area contributed by atoms with Crippen molar-refractivity contribution in [1.82, 2.24) is 9.13 Å². The SMILES string of the molecule is c1ccc(-c2ccc(N(c3ccc4c5ccccc5n(-c5ccccc5)c4c3)c3cccc4c3c3ccccc3n4-c3ccccc3-c3ccccc3)cc2)cc1. The summed E-state index contributed by atoms with van der Waals surface area (Å²) < 4.78 is 4.85. The topological polar surface area (TPSA) is 13.1 Å². The van der Waals surface area contributed by atoms with Crippen molar-refractivity contribution < 1.29 is 0 Å². The van der Waals surface area contributed by atoms with Gasteiger partial charge in [0.1, 0.15) is 0 Å². The van der Waals surface area contributed by atoms with Crippen molar-refractivity contribution in [3.63, 3.8) is 0 Å². The summed E-state index contributed by atoms with van der Waals surface area (Å²) >= 11 is 0. The van der Waals surface area contributed by atoms with Crippen molar-refractivity contribution in [3.8, 4) is 33.6 Å². The van der Waals surface area contributed by atoms with Crippen LogP contribution in [0.15, 0.2) is 224 Å². The minimum absolute atomic E-state index is 1.09. The molecule has 57 heavy (non-hydrogen) atoms. The summed E-state index contributed by atoms with van der Waals surface area (Å²) in [6.45, 7) is 0. The molecule has 268 valence electrons. The first-order chi connectivity index (χ1) is 28.3. The first-order valence-electron chi connectivity index (χ1n) is 19.5. The van der Waals surface area contributed by atoms with E-state index >= 15 is 0 Å². The van der Waals surface area contributed by atoms with Gasteiger partial charge in [0.05, 0.1) is 33.4 Å². The van der Waals surface area contributed by atoms with Gasteiger partial charge in [-0.1, -0.05) is 158 Å². The van der Waals surface area contributed by atoms with Crippen LogP contribution in [0.2, 0.25) is 0 Å². The van der Waals surface area contributed by atoms with Crippen LogP contribution in [0.3, 0.4) is 0 Å². The van der Waals surface area contributed by atoms with Gasteiger partial charge in [0.2, 0.25) is 0 Å². The lowest BCUT2D eigenvalue weighted by Gasteiger charge is -2.27. The van der Waals surface area contributed by atoms with Crippen LogP contribution in [0.25, 0.3) is 77.2 Å². The fraction of sp³-hybridized carbons (Fsp3) is 0. The first-order valence-corrected chi connectivity index (χ1v) is 19.5. The fourth-order valence-corrected chi connectivity index (χ4v) is 8.79. The van der Waals surface area contributed by atoms with Crippen molar-refractivity contribution in [1.29, 1.82) is 0 Å². The highest BCUT2D eigenvalue weighted by Gasteiger charge is 2.23. The maximum absolute atomic E-state index is 2.45. The average molecular weight is 728 g/mol. The molecule has 2 heterocycles. The largest absolute Gasteiger partial charge is 0.310 e. The highest BCUT2D eigenvalue weighted by atomic mass is 15.2. The lowest BCUT2D eigenvalue weighted by Crippen LogP contribution is -2.10. The second kappa shape index (κ2) is 13.6. The fourth-order valence-electron chi connectivity index (χ4n) is 8.79. The van der Waals surface area contributed by atoms with Gasteiger partial charge >= 0.3 is 0 Å². The molecule has 3 nitrogen and oxygen atoms in total. The second-order valence-corrected chi connectivity index (χ2v) is 14.5. The molecule has 0 spiro atoms. The van der Waals surface area contributed by atoms with Crippen molar-refractivity contribution in [2.24, 2.45) is 0 Å². The molecule has 0 radical (unpaired) electrons. The van der Waals surface area contributed by atoms with Crippen LogP contribution in [-0.4, -0.2) is 9.13 Å². The second-order valence-electron chi connectivity index (χ2n) is 14.5. The number of para-hydroxylation sites is 4. The lowest BCUT2D eigenvalue weighted by atomic mass is 10.0. The van der Waals surface area contributed by atoms with Gasteiger partial charge in [-0.25, -0.2) is 0 Å². The molecule has 0 N–H and O–H groups in total. The molecule has 0 amide bonds. The maximum Gasteiger partial charge on any atom is 0.0562 e. The molecule has 0 saturated carbocycles. The third-order valence-corrected chi connectivity index (χ3v) is 11.3. The molecule has 0 unspecified atom stereocenters. The molecular formula is C54H37N3.